The van der Waals surface area contributed by atoms with Gasteiger partial charge in [-0.05, 0) is 111 Å². The van der Waals surface area contributed by atoms with Gasteiger partial charge in [0.25, 0.3) is 0 Å². The van der Waals surface area contributed by atoms with Gasteiger partial charge in [0, 0.05) is 51.0 Å². The lowest BCUT2D eigenvalue weighted by Gasteiger charge is -2.53. The molecule has 5 N–H and O–H groups in total. The average Bonchev–Trinajstić information content (AvgIpc) is 3.23. The Kier molecular flexibility index (Phi) is 20.1. The fourth-order valence-corrected chi connectivity index (χ4v) is 8.23. The molecule has 17 heteroatoms. The number of hydrogen-bond acceptors (Lipinski definition) is 10. The Morgan fingerprint density at radius 2 is 1.07 bits per heavy atom. The van der Waals surface area contributed by atoms with Crippen LogP contribution in [0.3, 0.4) is 0 Å². The molecule has 0 radical (unpaired) electrons. The number of rotatable bonds is 20. The molecular formula is C51H77N7O10. The number of nitrogens with zero attached hydrogens (tertiary/aromatic N) is 2. The van der Waals surface area contributed by atoms with E-state index < -0.39 is 65.3 Å². The summed E-state index contributed by atoms with van der Waals surface area (Å²) in [6.07, 6.45) is 1.12. The molecule has 1 spiro atoms. The second-order valence-electron chi connectivity index (χ2n) is 20.9. The first-order chi connectivity index (χ1) is 31.9. The number of hydrogen-bond donors (Lipinski definition) is 5. The Balaban J connectivity index is 1.52. The van der Waals surface area contributed by atoms with Crippen molar-refractivity contribution in [2.24, 2.45) is 11.3 Å². The first-order valence-corrected chi connectivity index (χ1v) is 24.1. The summed E-state index contributed by atoms with van der Waals surface area (Å²) in [5.41, 5.74) is -0.0782. The summed E-state index contributed by atoms with van der Waals surface area (Å²) in [7, 11) is 0. The molecule has 0 bridgehead atoms. The molecule has 4 unspecified atom stereocenters. The number of carbonyl (C=O) groups excluding carboxylic acids is 7. The predicted molar refractivity (Wildman–Crippen MR) is 258 cm³/mol. The van der Waals surface area contributed by atoms with Crippen LogP contribution in [0.5, 0.6) is 0 Å². The van der Waals surface area contributed by atoms with E-state index in [1.165, 1.54) is 0 Å². The van der Waals surface area contributed by atoms with Crippen molar-refractivity contribution < 1.29 is 47.8 Å². The summed E-state index contributed by atoms with van der Waals surface area (Å²) in [6.45, 7) is 20.2. The summed E-state index contributed by atoms with van der Waals surface area (Å²) < 4.78 is 16.2. The molecule has 17 nitrogen and oxygen atoms in total. The average molecular weight is 948 g/mol. The third-order valence-electron chi connectivity index (χ3n) is 11.5. The number of alkyl carbamates (subject to hydrolysis) is 2. The van der Waals surface area contributed by atoms with Crippen molar-refractivity contribution in [2.45, 2.75) is 162 Å². The standard InChI is InChI=1S/C51H77N7O10/c1-34(2)29-39(54-43(60)40(30-36-19-13-11-14-20-36)55-44(61)41(31-37-21-15-12-16-22-37)56-47(64)68-50(8,9)10)42(59)53-38(23-17-18-26-52-46(63)67-49(5,6)7)45(62)57-27-24-51(25-28-57)32-58(33-51)48(65)66-35(3)4/h11-16,19-22,34-35,38-41H,17-18,23-33H2,1-10H3,(H,52,63)(H,53,59)(H,54,60)(H,55,61)(H,56,64). The molecule has 7 amide bonds. The van der Waals surface area contributed by atoms with Crippen LogP contribution in [0.25, 0.3) is 0 Å². The lowest BCUT2D eigenvalue weighted by atomic mass is 9.72. The van der Waals surface area contributed by atoms with Crippen molar-refractivity contribution in [3.05, 3.63) is 71.8 Å². The molecule has 2 aliphatic heterocycles. The SMILES string of the molecule is CC(C)CC(NC(=O)C(Cc1ccccc1)NC(=O)C(Cc1ccccc1)NC(=O)OC(C)(C)C)C(=O)NC(CCCCNC(=O)OC(C)(C)C)C(=O)N1CCC2(CC1)CN(C(=O)OC(C)C)C2. The van der Waals surface area contributed by atoms with Gasteiger partial charge in [-0.2, -0.15) is 0 Å². The molecule has 4 atom stereocenters. The zero-order valence-electron chi connectivity index (χ0n) is 41.9. The van der Waals surface area contributed by atoms with Crippen molar-refractivity contribution in [1.29, 1.82) is 0 Å². The van der Waals surface area contributed by atoms with Crippen LogP contribution in [-0.4, -0.2) is 126 Å². The maximum absolute atomic E-state index is 14.5. The van der Waals surface area contributed by atoms with Gasteiger partial charge in [0.05, 0.1) is 6.10 Å². The quantitative estimate of drug-likeness (QED) is 0.0768. The Labute approximate surface area is 402 Å². The molecule has 68 heavy (non-hydrogen) atoms. The van der Waals surface area contributed by atoms with Gasteiger partial charge in [0.15, 0.2) is 0 Å². The van der Waals surface area contributed by atoms with Crippen LogP contribution in [0.2, 0.25) is 0 Å². The molecule has 376 valence electrons. The smallest absolute Gasteiger partial charge is 0.410 e. The minimum absolute atomic E-state index is 0.0623. The van der Waals surface area contributed by atoms with Gasteiger partial charge in [0.2, 0.25) is 23.6 Å². The summed E-state index contributed by atoms with van der Waals surface area (Å²) in [4.78, 5) is 98.7. The number of carbonyl (C=O) groups is 7. The molecule has 2 aliphatic rings. The van der Waals surface area contributed by atoms with E-state index in [4.69, 9.17) is 14.2 Å². The molecule has 2 fully saturated rings. The van der Waals surface area contributed by atoms with Gasteiger partial charge in [-0.25, -0.2) is 14.4 Å². The third-order valence-corrected chi connectivity index (χ3v) is 11.5. The van der Waals surface area contributed by atoms with Crippen molar-refractivity contribution >= 4 is 41.9 Å². The summed E-state index contributed by atoms with van der Waals surface area (Å²) in [5, 5.41) is 14.2. The highest BCUT2D eigenvalue weighted by molar-refractivity contribution is 5.95. The van der Waals surface area contributed by atoms with Crippen LogP contribution in [0.1, 0.15) is 119 Å². The topological polar surface area (TPSA) is 214 Å². The highest BCUT2D eigenvalue weighted by atomic mass is 16.6. The number of likely N-dealkylation sites (tertiary alicyclic amines) is 2. The van der Waals surface area contributed by atoms with Crippen LogP contribution in [0.15, 0.2) is 60.7 Å². The zero-order valence-corrected chi connectivity index (χ0v) is 41.9. The normalized spacial score (nSPS) is 16.4. The molecule has 2 saturated heterocycles. The van der Waals surface area contributed by atoms with Crippen molar-refractivity contribution in [3.8, 4) is 0 Å². The van der Waals surface area contributed by atoms with E-state index in [0.717, 1.165) is 11.1 Å². The van der Waals surface area contributed by atoms with Gasteiger partial charge in [-0.3, -0.25) is 19.2 Å². The predicted octanol–water partition coefficient (Wildman–Crippen LogP) is 6.03. The monoisotopic (exact) mass is 948 g/mol. The minimum Gasteiger partial charge on any atom is -0.447 e. The fourth-order valence-electron chi connectivity index (χ4n) is 8.23. The Morgan fingerprint density at radius 3 is 1.57 bits per heavy atom. The van der Waals surface area contributed by atoms with Gasteiger partial charge < -0.3 is 50.6 Å². The maximum Gasteiger partial charge on any atom is 0.410 e. The van der Waals surface area contributed by atoms with Crippen LogP contribution in [-0.2, 0) is 46.2 Å². The van der Waals surface area contributed by atoms with E-state index in [2.05, 4.69) is 26.6 Å². The number of piperidine rings is 1. The Morgan fingerprint density at radius 1 is 0.603 bits per heavy atom. The maximum atomic E-state index is 14.5. The van der Waals surface area contributed by atoms with E-state index in [9.17, 15) is 33.6 Å². The fraction of sp³-hybridized carbons (Fsp3) is 0.627. The Bertz CT molecular complexity index is 1980. The van der Waals surface area contributed by atoms with Gasteiger partial charge in [-0.1, -0.05) is 74.5 Å². The number of nitrogens with one attached hydrogen (secondary N) is 5. The largest absolute Gasteiger partial charge is 0.447 e. The first kappa shape index (κ1) is 54.7. The molecule has 0 aliphatic carbocycles. The molecule has 0 saturated carbocycles. The summed E-state index contributed by atoms with van der Waals surface area (Å²) in [6, 6.07) is 14.0. The van der Waals surface area contributed by atoms with Crippen LogP contribution < -0.4 is 26.6 Å². The summed E-state index contributed by atoms with van der Waals surface area (Å²) in [5.74, 6) is -2.12. The minimum atomic E-state index is -1.17. The van der Waals surface area contributed by atoms with Crippen LogP contribution in [0, 0.1) is 11.3 Å². The third kappa shape index (κ3) is 18.7. The summed E-state index contributed by atoms with van der Waals surface area (Å²) >= 11 is 0. The number of amides is 7. The van der Waals surface area contributed by atoms with E-state index in [1.807, 2.05) is 88.4 Å². The highest BCUT2D eigenvalue weighted by Gasteiger charge is 2.48. The second-order valence-corrected chi connectivity index (χ2v) is 20.9. The molecule has 4 rings (SSSR count). The second kappa shape index (κ2) is 24.9. The van der Waals surface area contributed by atoms with Crippen LogP contribution in [0.4, 0.5) is 14.4 Å². The zero-order chi connectivity index (χ0) is 50.2. The van der Waals surface area contributed by atoms with Crippen molar-refractivity contribution in [2.75, 3.05) is 32.7 Å². The number of benzene rings is 2. The van der Waals surface area contributed by atoms with Gasteiger partial charge in [-0.15, -0.1) is 0 Å². The number of unbranched alkanes of at least 4 members (excludes halogenated alkanes) is 1. The lowest BCUT2D eigenvalue weighted by Crippen LogP contribution is -2.63. The van der Waals surface area contributed by atoms with E-state index in [0.29, 0.717) is 58.4 Å². The van der Waals surface area contributed by atoms with Crippen LogP contribution >= 0.6 is 0 Å². The van der Waals surface area contributed by atoms with Gasteiger partial charge in [0.1, 0.15) is 35.4 Å². The Hall–Kier alpha value is -5.87. The molecule has 2 aromatic rings. The lowest BCUT2D eigenvalue weighted by molar-refractivity contribution is -0.141. The highest BCUT2D eigenvalue weighted by Crippen LogP contribution is 2.41. The van der Waals surface area contributed by atoms with Crippen molar-refractivity contribution in [1.82, 2.24) is 36.4 Å². The van der Waals surface area contributed by atoms with Gasteiger partial charge >= 0.3 is 18.3 Å². The molecule has 0 aromatic heterocycles. The number of ether oxygens (including phenoxy) is 3. The van der Waals surface area contributed by atoms with E-state index >= 15 is 0 Å². The van der Waals surface area contributed by atoms with E-state index in [1.54, 1.807) is 51.3 Å². The molecule has 2 aromatic carbocycles. The first-order valence-electron chi connectivity index (χ1n) is 24.1. The molecule has 2 heterocycles. The van der Waals surface area contributed by atoms with E-state index in [-0.39, 0.29) is 55.1 Å². The van der Waals surface area contributed by atoms with Crippen molar-refractivity contribution in [3.63, 3.8) is 0 Å². The molecular weight excluding hydrogens is 871 g/mol.